The monoisotopic (exact) mass is 304 g/mol. The highest BCUT2D eigenvalue weighted by atomic mass is 79.9. The average molecular weight is 305 g/mol. The Morgan fingerprint density at radius 1 is 1.38 bits per heavy atom. The molecule has 1 rings (SSSR count). The number of carbonyl (C=O) groups excluding carboxylic acids is 2. The van der Waals surface area contributed by atoms with E-state index in [1.54, 1.807) is 18.3 Å². The van der Waals surface area contributed by atoms with Crippen LogP contribution in [0, 0.1) is 0 Å². The SMILES string of the molecule is CCC(=O)NCC(=O)NCc1csc(Br)c1. The zero-order valence-corrected chi connectivity index (χ0v) is 11.3. The van der Waals surface area contributed by atoms with Gasteiger partial charge in [0.15, 0.2) is 0 Å². The predicted octanol–water partition coefficient (Wildman–Crippen LogP) is 1.65. The summed E-state index contributed by atoms with van der Waals surface area (Å²) < 4.78 is 1.04. The molecule has 0 aliphatic carbocycles. The van der Waals surface area contributed by atoms with Crippen molar-refractivity contribution < 1.29 is 9.59 Å². The van der Waals surface area contributed by atoms with Crippen LogP contribution >= 0.6 is 27.3 Å². The number of rotatable bonds is 5. The molecule has 0 unspecified atom stereocenters. The van der Waals surface area contributed by atoms with E-state index in [0.29, 0.717) is 13.0 Å². The summed E-state index contributed by atoms with van der Waals surface area (Å²) in [6.07, 6.45) is 0.394. The third kappa shape index (κ3) is 4.76. The number of nitrogens with one attached hydrogen (secondary N) is 2. The van der Waals surface area contributed by atoms with Gasteiger partial charge in [-0.2, -0.15) is 0 Å². The van der Waals surface area contributed by atoms with Gasteiger partial charge in [-0.15, -0.1) is 11.3 Å². The van der Waals surface area contributed by atoms with Crippen LogP contribution in [0.25, 0.3) is 0 Å². The van der Waals surface area contributed by atoms with Crippen molar-refractivity contribution in [1.82, 2.24) is 10.6 Å². The quantitative estimate of drug-likeness (QED) is 0.869. The molecule has 1 aromatic rings. The summed E-state index contributed by atoms with van der Waals surface area (Å²) in [4.78, 5) is 22.2. The van der Waals surface area contributed by atoms with Crippen LogP contribution in [0.15, 0.2) is 15.2 Å². The lowest BCUT2D eigenvalue weighted by atomic mass is 10.3. The molecule has 0 radical (unpaired) electrons. The number of hydrogen-bond donors (Lipinski definition) is 2. The van der Waals surface area contributed by atoms with Gasteiger partial charge in [-0.25, -0.2) is 0 Å². The van der Waals surface area contributed by atoms with Gasteiger partial charge in [0.25, 0.3) is 0 Å². The zero-order chi connectivity index (χ0) is 12.0. The lowest BCUT2D eigenvalue weighted by Crippen LogP contribution is -2.36. The second-order valence-electron chi connectivity index (χ2n) is 3.17. The molecule has 0 atom stereocenters. The Morgan fingerprint density at radius 3 is 2.69 bits per heavy atom. The molecular weight excluding hydrogens is 292 g/mol. The van der Waals surface area contributed by atoms with Crippen LogP contribution in [0.2, 0.25) is 0 Å². The maximum atomic E-state index is 11.3. The minimum Gasteiger partial charge on any atom is -0.350 e. The minimum absolute atomic E-state index is 0.0397. The van der Waals surface area contributed by atoms with Gasteiger partial charge in [0.05, 0.1) is 10.3 Å². The number of amides is 2. The molecule has 1 aromatic heterocycles. The highest BCUT2D eigenvalue weighted by Crippen LogP contribution is 2.20. The van der Waals surface area contributed by atoms with Crippen molar-refractivity contribution in [3.63, 3.8) is 0 Å². The summed E-state index contributed by atoms with van der Waals surface area (Å²) in [7, 11) is 0. The van der Waals surface area contributed by atoms with Crippen LogP contribution in [0.4, 0.5) is 0 Å². The third-order valence-electron chi connectivity index (χ3n) is 1.88. The summed E-state index contributed by atoms with van der Waals surface area (Å²) in [6.45, 7) is 2.27. The van der Waals surface area contributed by atoms with E-state index < -0.39 is 0 Å². The van der Waals surface area contributed by atoms with E-state index >= 15 is 0 Å². The highest BCUT2D eigenvalue weighted by molar-refractivity contribution is 9.11. The van der Waals surface area contributed by atoms with Crippen LogP contribution in [-0.4, -0.2) is 18.4 Å². The highest BCUT2D eigenvalue weighted by Gasteiger charge is 2.04. The van der Waals surface area contributed by atoms with E-state index in [4.69, 9.17) is 0 Å². The first-order valence-electron chi connectivity index (χ1n) is 4.88. The van der Waals surface area contributed by atoms with E-state index in [2.05, 4.69) is 26.6 Å². The van der Waals surface area contributed by atoms with Crippen LogP contribution in [0.3, 0.4) is 0 Å². The summed E-state index contributed by atoms with van der Waals surface area (Å²) in [5, 5.41) is 7.21. The van der Waals surface area contributed by atoms with E-state index in [1.807, 2.05) is 11.4 Å². The molecule has 4 nitrogen and oxygen atoms in total. The van der Waals surface area contributed by atoms with E-state index in [9.17, 15) is 9.59 Å². The first-order chi connectivity index (χ1) is 7.61. The normalized spacial score (nSPS) is 9.88. The molecule has 0 spiro atoms. The molecule has 2 amide bonds. The Kier molecular flexibility index (Phi) is 5.48. The van der Waals surface area contributed by atoms with Crippen molar-refractivity contribution in [1.29, 1.82) is 0 Å². The van der Waals surface area contributed by atoms with E-state index in [1.165, 1.54) is 0 Å². The van der Waals surface area contributed by atoms with Crippen LogP contribution in [0.1, 0.15) is 18.9 Å². The van der Waals surface area contributed by atoms with Gasteiger partial charge in [0.2, 0.25) is 11.8 Å². The predicted molar refractivity (Wildman–Crippen MR) is 67.2 cm³/mol. The summed E-state index contributed by atoms with van der Waals surface area (Å²) in [5.41, 5.74) is 1.05. The van der Waals surface area contributed by atoms with Crippen molar-refractivity contribution in [2.24, 2.45) is 0 Å². The van der Waals surface area contributed by atoms with Gasteiger partial charge < -0.3 is 10.6 Å². The third-order valence-corrected chi connectivity index (χ3v) is 3.43. The first kappa shape index (κ1) is 13.2. The summed E-state index contributed by atoms with van der Waals surface area (Å²) >= 11 is 4.92. The fourth-order valence-corrected chi connectivity index (χ4v) is 2.21. The van der Waals surface area contributed by atoms with Crippen molar-refractivity contribution in [3.8, 4) is 0 Å². The molecule has 88 valence electrons. The Bertz CT molecular complexity index is 379. The average Bonchev–Trinajstić information content (AvgIpc) is 2.69. The van der Waals surface area contributed by atoms with E-state index in [-0.39, 0.29) is 18.4 Å². The lowest BCUT2D eigenvalue weighted by molar-refractivity contribution is -0.126. The molecule has 16 heavy (non-hydrogen) atoms. The maximum absolute atomic E-state index is 11.3. The minimum atomic E-state index is -0.177. The molecule has 0 aromatic carbocycles. The standard InChI is InChI=1S/C10H13BrN2O2S/c1-2-9(14)13-5-10(15)12-4-7-3-8(11)16-6-7/h3,6H,2,4-5H2,1H3,(H,12,15)(H,13,14). The van der Waals surface area contributed by atoms with Gasteiger partial charge in [-0.3, -0.25) is 9.59 Å². The van der Waals surface area contributed by atoms with Gasteiger partial charge in [0.1, 0.15) is 0 Å². The van der Waals surface area contributed by atoms with Gasteiger partial charge >= 0.3 is 0 Å². The van der Waals surface area contributed by atoms with Crippen LogP contribution < -0.4 is 10.6 Å². The Labute approximate surface area is 107 Å². The molecule has 0 fully saturated rings. The van der Waals surface area contributed by atoms with Crippen molar-refractivity contribution in [3.05, 3.63) is 20.8 Å². The van der Waals surface area contributed by atoms with Gasteiger partial charge in [-0.1, -0.05) is 6.92 Å². The van der Waals surface area contributed by atoms with Crippen molar-refractivity contribution in [2.75, 3.05) is 6.54 Å². The number of carbonyl (C=O) groups is 2. The second kappa shape index (κ2) is 6.65. The molecule has 6 heteroatoms. The van der Waals surface area contributed by atoms with Gasteiger partial charge in [0, 0.05) is 13.0 Å². The molecule has 2 N–H and O–H groups in total. The fraction of sp³-hybridized carbons (Fsp3) is 0.400. The molecule has 1 heterocycles. The van der Waals surface area contributed by atoms with Crippen molar-refractivity contribution in [2.45, 2.75) is 19.9 Å². The summed E-state index contributed by atoms with van der Waals surface area (Å²) in [5.74, 6) is -0.294. The molecular formula is C10H13BrN2O2S. The van der Waals surface area contributed by atoms with Crippen molar-refractivity contribution >= 4 is 39.1 Å². The summed E-state index contributed by atoms with van der Waals surface area (Å²) in [6, 6.07) is 1.95. The van der Waals surface area contributed by atoms with E-state index in [0.717, 1.165) is 9.35 Å². The topological polar surface area (TPSA) is 58.2 Å². The lowest BCUT2D eigenvalue weighted by Gasteiger charge is -2.04. The Balaban J connectivity index is 2.22. The number of hydrogen-bond acceptors (Lipinski definition) is 3. The Morgan fingerprint density at radius 2 is 2.12 bits per heavy atom. The number of halogens is 1. The van der Waals surface area contributed by atoms with Crippen LogP contribution in [-0.2, 0) is 16.1 Å². The molecule has 0 bridgehead atoms. The largest absolute Gasteiger partial charge is 0.350 e. The second-order valence-corrected chi connectivity index (χ2v) is 5.46. The molecule has 0 aliphatic rings. The Hall–Kier alpha value is -0.880. The molecule has 0 saturated heterocycles. The molecule has 0 aliphatic heterocycles. The first-order valence-corrected chi connectivity index (χ1v) is 6.55. The zero-order valence-electron chi connectivity index (χ0n) is 8.88. The number of thiophene rings is 1. The fourth-order valence-electron chi connectivity index (χ4n) is 1.01. The van der Waals surface area contributed by atoms with Gasteiger partial charge in [-0.05, 0) is 32.9 Å². The maximum Gasteiger partial charge on any atom is 0.239 e. The van der Waals surface area contributed by atoms with Crippen LogP contribution in [0.5, 0.6) is 0 Å². The smallest absolute Gasteiger partial charge is 0.239 e. The molecule has 0 saturated carbocycles.